The van der Waals surface area contributed by atoms with E-state index >= 15 is 0 Å². The maximum atomic E-state index is 4.89. The van der Waals surface area contributed by atoms with Crippen molar-refractivity contribution in [2.75, 3.05) is 22.9 Å². The Morgan fingerprint density at radius 2 is 1.50 bits per heavy atom. The lowest BCUT2D eigenvalue weighted by Gasteiger charge is -2.31. The van der Waals surface area contributed by atoms with Crippen molar-refractivity contribution in [1.82, 2.24) is 0 Å². The van der Waals surface area contributed by atoms with Gasteiger partial charge in [0.1, 0.15) is 6.17 Å². The molecule has 0 radical (unpaired) electrons. The van der Waals surface area contributed by atoms with Gasteiger partial charge in [-0.25, -0.2) is 0 Å². The smallest absolute Gasteiger partial charge is 0.173 e. The second-order valence-electron chi connectivity index (χ2n) is 6.75. The van der Waals surface area contributed by atoms with E-state index < -0.39 is 0 Å². The molecule has 2 aliphatic heterocycles. The molecule has 0 saturated carbocycles. The third kappa shape index (κ3) is 2.79. The van der Waals surface area contributed by atoms with E-state index in [1.807, 2.05) is 0 Å². The highest BCUT2D eigenvalue weighted by molar-refractivity contribution is 6.53. The topological polar surface area (TPSA) is 31.2 Å². The summed E-state index contributed by atoms with van der Waals surface area (Å²) < 4.78 is 0. The molecular formula is C22H26N4. The number of hydrogen-bond acceptors (Lipinski definition) is 4. The summed E-state index contributed by atoms with van der Waals surface area (Å²) in [5, 5.41) is 0. The fraction of sp³-hybridized carbons (Fsp3) is 0.364. The van der Waals surface area contributed by atoms with Gasteiger partial charge in [-0.05, 0) is 36.6 Å². The second kappa shape index (κ2) is 7.32. The molecule has 2 heterocycles. The maximum Gasteiger partial charge on any atom is 0.173 e. The summed E-state index contributed by atoms with van der Waals surface area (Å²) in [6.45, 7) is 6.02. The fourth-order valence-electron chi connectivity index (χ4n) is 3.97. The Kier molecular flexibility index (Phi) is 4.74. The first kappa shape index (κ1) is 16.8. The Morgan fingerprint density at radius 3 is 2.19 bits per heavy atom. The predicted molar refractivity (Wildman–Crippen MR) is 111 cm³/mol. The number of para-hydroxylation sites is 2. The summed E-state index contributed by atoms with van der Waals surface area (Å²) >= 11 is 0. The molecule has 4 heteroatoms. The van der Waals surface area contributed by atoms with Gasteiger partial charge in [-0.3, -0.25) is 9.98 Å². The Hall–Kier alpha value is -2.62. The average Bonchev–Trinajstić information content (AvgIpc) is 3.03. The molecule has 0 aromatic heterocycles. The average molecular weight is 346 g/mol. The lowest BCUT2D eigenvalue weighted by atomic mass is 10.1. The minimum Gasteiger partial charge on any atom is -0.302 e. The molecule has 0 spiro atoms. The molecule has 26 heavy (non-hydrogen) atoms. The van der Waals surface area contributed by atoms with Crippen LogP contribution < -0.4 is 9.80 Å². The molecule has 0 aliphatic carbocycles. The van der Waals surface area contributed by atoms with Crippen molar-refractivity contribution >= 4 is 23.0 Å². The number of anilines is 2. The minimum absolute atomic E-state index is 0.200. The van der Waals surface area contributed by atoms with Crippen LogP contribution >= 0.6 is 0 Å². The summed E-state index contributed by atoms with van der Waals surface area (Å²) in [5.74, 6) is 2.04. The molecule has 2 aromatic carbocycles. The van der Waals surface area contributed by atoms with Gasteiger partial charge in [0.05, 0.1) is 13.1 Å². The number of aliphatic imine (C=N–C) groups is 2. The van der Waals surface area contributed by atoms with Crippen molar-refractivity contribution in [3.8, 4) is 0 Å². The predicted octanol–water partition coefficient (Wildman–Crippen LogP) is 4.51. The van der Waals surface area contributed by atoms with E-state index in [2.05, 4.69) is 78.2 Å². The van der Waals surface area contributed by atoms with Gasteiger partial charge in [-0.2, -0.15) is 0 Å². The number of nitrogens with zero attached hydrogens (tertiary/aromatic N) is 4. The van der Waals surface area contributed by atoms with Crippen molar-refractivity contribution in [3.05, 3.63) is 60.2 Å². The summed E-state index contributed by atoms with van der Waals surface area (Å²) in [5.41, 5.74) is 3.84. The Bertz CT molecular complexity index is 825. The van der Waals surface area contributed by atoms with Gasteiger partial charge in [-0.1, -0.05) is 56.7 Å². The monoisotopic (exact) mass is 346 g/mol. The number of aryl methyl sites for hydroxylation is 1. The van der Waals surface area contributed by atoms with Crippen LogP contribution in [0.3, 0.4) is 0 Å². The van der Waals surface area contributed by atoms with E-state index in [0.717, 1.165) is 44.0 Å². The zero-order chi connectivity index (χ0) is 17.9. The molecule has 1 unspecified atom stereocenters. The Balaban J connectivity index is 1.85. The molecule has 4 rings (SSSR count). The fourth-order valence-corrected chi connectivity index (χ4v) is 3.97. The molecule has 0 N–H and O–H groups in total. The summed E-state index contributed by atoms with van der Waals surface area (Å²) in [4.78, 5) is 14.5. The molecular weight excluding hydrogens is 320 g/mol. The minimum atomic E-state index is 0.200. The highest BCUT2D eigenvalue weighted by atomic mass is 15.5. The normalized spacial score (nSPS) is 19.2. The molecule has 1 fully saturated rings. The van der Waals surface area contributed by atoms with E-state index in [-0.39, 0.29) is 6.17 Å². The standard InChI is InChI=1S/C22H26N4/c1-3-10-17-11-8-9-14-19(17)26-20(4-2)25(18-12-6-5-7-13-18)21-22(26)24-16-15-23-21/h5-9,11-14,20H,3-4,10,15-16H2,1-2H3. The zero-order valence-electron chi connectivity index (χ0n) is 15.6. The first-order valence-corrected chi connectivity index (χ1v) is 9.65. The van der Waals surface area contributed by atoms with Crippen molar-refractivity contribution in [1.29, 1.82) is 0 Å². The lowest BCUT2D eigenvalue weighted by molar-refractivity contribution is 0.680. The Labute approximate surface area is 155 Å². The Morgan fingerprint density at radius 1 is 0.846 bits per heavy atom. The summed E-state index contributed by atoms with van der Waals surface area (Å²) in [6, 6.07) is 19.3. The SMILES string of the molecule is CCCc1ccccc1N1C2=NCCN=C2N(c2ccccc2)C1CC. The van der Waals surface area contributed by atoms with Gasteiger partial charge in [-0.15, -0.1) is 0 Å². The molecule has 2 aromatic rings. The summed E-state index contributed by atoms with van der Waals surface area (Å²) in [6.07, 6.45) is 3.41. The van der Waals surface area contributed by atoms with Gasteiger partial charge < -0.3 is 9.80 Å². The van der Waals surface area contributed by atoms with Crippen molar-refractivity contribution in [2.24, 2.45) is 9.98 Å². The van der Waals surface area contributed by atoms with Crippen LogP contribution in [-0.4, -0.2) is 30.9 Å². The number of hydrogen-bond donors (Lipinski definition) is 0. The van der Waals surface area contributed by atoms with Crippen LogP contribution in [0.1, 0.15) is 32.3 Å². The molecule has 1 saturated heterocycles. The summed E-state index contributed by atoms with van der Waals surface area (Å²) in [7, 11) is 0. The molecule has 134 valence electrons. The molecule has 0 amide bonds. The molecule has 0 bridgehead atoms. The first-order valence-electron chi connectivity index (χ1n) is 9.65. The number of amidine groups is 2. The van der Waals surface area contributed by atoms with E-state index in [1.54, 1.807) is 0 Å². The largest absolute Gasteiger partial charge is 0.302 e. The van der Waals surface area contributed by atoms with Crippen LogP contribution in [0, 0.1) is 0 Å². The van der Waals surface area contributed by atoms with Gasteiger partial charge in [0.15, 0.2) is 11.7 Å². The molecule has 4 nitrogen and oxygen atoms in total. The van der Waals surface area contributed by atoms with Crippen molar-refractivity contribution in [2.45, 2.75) is 39.3 Å². The quantitative estimate of drug-likeness (QED) is 0.797. The van der Waals surface area contributed by atoms with E-state index in [0.29, 0.717) is 0 Å². The van der Waals surface area contributed by atoms with E-state index in [9.17, 15) is 0 Å². The van der Waals surface area contributed by atoms with Gasteiger partial charge in [0.25, 0.3) is 0 Å². The zero-order valence-corrected chi connectivity index (χ0v) is 15.6. The van der Waals surface area contributed by atoms with E-state index in [4.69, 9.17) is 9.98 Å². The third-order valence-corrected chi connectivity index (χ3v) is 5.05. The van der Waals surface area contributed by atoms with Crippen molar-refractivity contribution in [3.63, 3.8) is 0 Å². The highest BCUT2D eigenvalue weighted by Gasteiger charge is 2.43. The van der Waals surface area contributed by atoms with Crippen LogP contribution in [0.4, 0.5) is 11.4 Å². The van der Waals surface area contributed by atoms with Crippen LogP contribution in [0.15, 0.2) is 64.6 Å². The van der Waals surface area contributed by atoms with Crippen LogP contribution in [0.5, 0.6) is 0 Å². The number of fused-ring (bicyclic) bond motifs is 1. The lowest BCUT2D eigenvalue weighted by Crippen LogP contribution is -2.40. The molecule has 2 aliphatic rings. The second-order valence-corrected chi connectivity index (χ2v) is 6.75. The van der Waals surface area contributed by atoms with E-state index in [1.165, 1.54) is 16.9 Å². The highest BCUT2D eigenvalue weighted by Crippen LogP contribution is 2.35. The van der Waals surface area contributed by atoms with Gasteiger partial charge in [0, 0.05) is 11.4 Å². The van der Waals surface area contributed by atoms with Crippen LogP contribution in [0.2, 0.25) is 0 Å². The number of rotatable bonds is 5. The molecule has 1 atom stereocenters. The van der Waals surface area contributed by atoms with Gasteiger partial charge >= 0.3 is 0 Å². The maximum absolute atomic E-state index is 4.89. The number of benzene rings is 2. The van der Waals surface area contributed by atoms with Crippen LogP contribution in [-0.2, 0) is 6.42 Å². The van der Waals surface area contributed by atoms with Crippen LogP contribution in [0.25, 0.3) is 0 Å². The van der Waals surface area contributed by atoms with Gasteiger partial charge in [0.2, 0.25) is 0 Å². The third-order valence-electron chi connectivity index (χ3n) is 5.05. The van der Waals surface area contributed by atoms with Crippen molar-refractivity contribution < 1.29 is 0 Å². The first-order chi connectivity index (χ1) is 12.8.